The SMILES string of the molecule is CNc1cc(C(=O)N2CCC(OC)C2)cc(C)n1. The number of ether oxygens (including phenoxy) is 1. The fourth-order valence-corrected chi connectivity index (χ4v) is 2.21. The molecule has 0 saturated carbocycles. The summed E-state index contributed by atoms with van der Waals surface area (Å²) in [7, 11) is 3.49. The fraction of sp³-hybridized carbons (Fsp3) is 0.538. The Kier molecular flexibility index (Phi) is 3.81. The smallest absolute Gasteiger partial charge is 0.254 e. The lowest BCUT2D eigenvalue weighted by Gasteiger charge is -2.17. The second kappa shape index (κ2) is 5.35. The van der Waals surface area contributed by atoms with Crippen LogP contribution in [-0.2, 0) is 4.74 Å². The van der Waals surface area contributed by atoms with E-state index in [2.05, 4.69) is 10.3 Å². The zero-order valence-electron chi connectivity index (χ0n) is 11.1. The number of hydrogen-bond donors (Lipinski definition) is 1. The van der Waals surface area contributed by atoms with Gasteiger partial charge >= 0.3 is 0 Å². The van der Waals surface area contributed by atoms with Gasteiger partial charge in [0, 0.05) is 38.5 Å². The second-order valence-electron chi connectivity index (χ2n) is 4.53. The number of carbonyl (C=O) groups excluding carboxylic acids is 1. The van der Waals surface area contributed by atoms with E-state index in [0.717, 1.165) is 24.5 Å². The first-order valence-electron chi connectivity index (χ1n) is 6.12. The van der Waals surface area contributed by atoms with Crippen molar-refractivity contribution in [2.45, 2.75) is 19.4 Å². The Balaban J connectivity index is 2.16. The Morgan fingerprint density at radius 1 is 1.56 bits per heavy atom. The monoisotopic (exact) mass is 249 g/mol. The maximum atomic E-state index is 12.3. The van der Waals surface area contributed by atoms with Crippen molar-refractivity contribution in [2.75, 3.05) is 32.6 Å². The van der Waals surface area contributed by atoms with Crippen molar-refractivity contribution in [1.29, 1.82) is 0 Å². The van der Waals surface area contributed by atoms with Crippen molar-refractivity contribution in [3.05, 3.63) is 23.4 Å². The molecule has 0 spiro atoms. The zero-order valence-corrected chi connectivity index (χ0v) is 11.1. The number of hydrogen-bond acceptors (Lipinski definition) is 4. The normalized spacial score (nSPS) is 19.1. The molecule has 1 aliphatic heterocycles. The number of nitrogens with one attached hydrogen (secondary N) is 1. The molecule has 0 aliphatic carbocycles. The Labute approximate surface area is 107 Å². The molecule has 1 aromatic rings. The Morgan fingerprint density at radius 3 is 2.94 bits per heavy atom. The molecule has 5 nitrogen and oxygen atoms in total. The minimum Gasteiger partial charge on any atom is -0.380 e. The molecule has 1 atom stereocenters. The molecule has 2 heterocycles. The molecule has 5 heteroatoms. The summed E-state index contributed by atoms with van der Waals surface area (Å²) in [5.41, 5.74) is 1.52. The van der Waals surface area contributed by atoms with E-state index in [1.807, 2.05) is 17.9 Å². The summed E-state index contributed by atoms with van der Waals surface area (Å²) in [5, 5.41) is 2.97. The van der Waals surface area contributed by atoms with Gasteiger partial charge in [-0.05, 0) is 25.5 Å². The predicted octanol–water partition coefficient (Wildman–Crippen LogP) is 1.29. The maximum absolute atomic E-state index is 12.3. The number of likely N-dealkylation sites (tertiary alicyclic amines) is 1. The summed E-state index contributed by atoms with van der Waals surface area (Å²) in [6, 6.07) is 3.61. The van der Waals surface area contributed by atoms with Crippen molar-refractivity contribution in [3.63, 3.8) is 0 Å². The van der Waals surface area contributed by atoms with E-state index in [1.165, 1.54) is 0 Å². The number of aryl methyl sites for hydroxylation is 1. The summed E-state index contributed by atoms with van der Waals surface area (Å²) in [4.78, 5) is 18.5. The molecule has 0 radical (unpaired) electrons. The van der Waals surface area contributed by atoms with Crippen LogP contribution in [0, 0.1) is 6.92 Å². The maximum Gasteiger partial charge on any atom is 0.254 e. The van der Waals surface area contributed by atoms with Crippen molar-refractivity contribution in [2.24, 2.45) is 0 Å². The minimum atomic E-state index is 0.0524. The quantitative estimate of drug-likeness (QED) is 0.877. The molecule has 0 bridgehead atoms. The molecular formula is C13H19N3O2. The first-order chi connectivity index (χ1) is 8.63. The number of nitrogens with zero attached hydrogens (tertiary/aromatic N) is 2. The van der Waals surface area contributed by atoms with Gasteiger partial charge in [-0.3, -0.25) is 4.79 Å². The van der Waals surface area contributed by atoms with Gasteiger partial charge in [-0.2, -0.15) is 0 Å². The Morgan fingerprint density at radius 2 is 2.33 bits per heavy atom. The van der Waals surface area contributed by atoms with Gasteiger partial charge in [-0.1, -0.05) is 0 Å². The van der Waals surface area contributed by atoms with E-state index >= 15 is 0 Å². The van der Waals surface area contributed by atoms with Crippen LogP contribution >= 0.6 is 0 Å². The van der Waals surface area contributed by atoms with Crippen molar-refractivity contribution in [3.8, 4) is 0 Å². The first-order valence-corrected chi connectivity index (χ1v) is 6.12. The number of aromatic nitrogens is 1. The van der Waals surface area contributed by atoms with E-state index in [0.29, 0.717) is 12.1 Å². The standard InChI is InChI=1S/C13H19N3O2/c1-9-6-10(7-12(14-2)15-9)13(17)16-5-4-11(8-16)18-3/h6-7,11H,4-5,8H2,1-3H3,(H,14,15). The molecule has 1 unspecified atom stereocenters. The fourth-order valence-electron chi connectivity index (χ4n) is 2.21. The van der Waals surface area contributed by atoms with Crippen LogP contribution in [0.3, 0.4) is 0 Å². The molecule has 1 aliphatic rings. The number of anilines is 1. The van der Waals surface area contributed by atoms with Crippen LogP contribution in [-0.4, -0.2) is 49.1 Å². The van der Waals surface area contributed by atoms with Gasteiger partial charge in [0.05, 0.1) is 6.10 Å². The average Bonchev–Trinajstić information content (AvgIpc) is 2.85. The van der Waals surface area contributed by atoms with Crippen molar-refractivity contribution < 1.29 is 9.53 Å². The van der Waals surface area contributed by atoms with E-state index < -0.39 is 0 Å². The van der Waals surface area contributed by atoms with Gasteiger partial charge in [0.25, 0.3) is 5.91 Å². The Hall–Kier alpha value is -1.62. The van der Waals surface area contributed by atoms with Crippen LogP contribution in [0.25, 0.3) is 0 Å². The summed E-state index contributed by atoms with van der Waals surface area (Å²) < 4.78 is 5.28. The lowest BCUT2D eigenvalue weighted by molar-refractivity contribution is 0.0724. The van der Waals surface area contributed by atoms with Crippen LogP contribution in [0.15, 0.2) is 12.1 Å². The highest BCUT2D eigenvalue weighted by Crippen LogP contribution is 2.17. The largest absolute Gasteiger partial charge is 0.380 e. The van der Waals surface area contributed by atoms with E-state index in [-0.39, 0.29) is 12.0 Å². The lowest BCUT2D eigenvalue weighted by atomic mass is 10.2. The highest BCUT2D eigenvalue weighted by molar-refractivity contribution is 5.95. The summed E-state index contributed by atoms with van der Waals surface area (Å²) in [5.74, 6) is 0.775. The van der Waals surface area contributed by atoms with E-state index in [9.17, 15) is 4.79 Å². The van der Waals surface area contributed by atoms with Gasteiger partial charge in [0.2, 0.25) is 0 Å². The highest BCUT2D eigenvalue weighted by Gasteiger charge is 2.27. The predicted molar refractivity (Wildman–Crippen MR) is 69.8 cm³/mol. The van der Waals surface area contributed by atoms with E-state index in [4.69, 9.17) is 4.74 Å². The number of pyridine rings is 1. The molecule has 18 heavy (non-hydrogen) atoms. The number of carbonyl (C=O) groups is 1. The average molecular weight is 249 g/mol. The molecule has 2 rings (SSSR count). The number of methoxy groups -OCH3 is 1. The van der Waals surface area contributed by atoms with Gasteiger partial charge in [0.15, 0.2) is 0 Å². The van der Waals surface area contributed by atoms with Crippen LogP contribution in [0.2, 0.25) is 0 Å². The molecule has 1 saturated heterocycles. The van der Waals surface area contributed by atoms with Crippen LogP contribution < -0.4 is 5.32 Å². The van der Waals surface area contributed by atoms with Gasteiger partial charge in [0.1, 0.15) is 5.82 Å². The third-order valence-electron chi connectivity index (χ3n) is 3.22. The summed E-state index contributed by atoms with van der Waals surface area (Å²) >= 11 is 0. The van der Waals surface area contributed by atoms with Crippen molar-refractivity contribution in [1.82, 2.24) is 9.88 Å². The number of rotatable bonds is 3. The Bertz CT molecular complexity index is 448. The van der Waals surface area contributed by atoms with Gasteiger partial charge in [-0.15, -0.1) is 0 Å². The van der Waals surface area contributed by atoms with Crippen LogP contribution in [0.1, 0.15) is 22.5 Å². The summed E-state index contributed by atoms with van der Waals surface area (Å²) in [6.45, 7) is 3.32. The zero-order chi connectivity index (χ0) is 13.1. The van der Waals surface area contributed by atoms with Crippen LogP contribution in [0.5, 0.6) is 0 Å². The van der Waals surface area contributed by atoms with Crippen molar-refractivity contribution >= 4 is 11.7 Å². The molecule has 1 amide bonds. The molecule has 98 valence electrons. The third-order valence-corrected chi connectivity index (χ3v) is 3.22. The molecule has 0 aromatic carbocycles. The molecule has 1 aromatic heterocycles. The second-order valence-corrected chi connectivity index (χ2v) is 4.53. The van der Waals surface area contributed by atoms with E-state index in [1.54, 1.807) is 20.2 Å². The highest BCUT2D eigenvalue weighted by atomic mass is 16.5. The molecule has 1 fully saturated rings. The third kappa shape index (κ3) is 2.61. The first kappa shape index (κ1) is 12.8. The van der Waals surface area contributed by atoms with Gasteiger partial charge in [-0.25, -0.2) is 4.98 Å². The van der Waals surface area contributed by atoms with Gasteiger partial charge < -0.3 is 15.0 Å². The summed E-state index contributed by atoms with van der Waals surface area (Å²) in [6.07, 6.45) is 1.08. The lowest BCUT2D eigenvalue weighted by Crippen LogP contribution is -2.30. The molecular weight excluding hydrogens is 230 g/mol. The minimum absolute atomic E-state index is 0.0524. The number of amides is 1. The van der Waals surface area contributed by atoms with Crippen LogP contribution in [0.4, 0.5) is 5.82 Å². The molecule has 1 N–H and O–H groups in total. The topological polar surface area (TPSA) is 54.5 Å².